The van der Waals surface area contributed by atoms with E-state index in [2.05, 4.69) is 4.74 Å². The molecule has 2 atom stereocenters. The van der Waals surface area contributed by atoms with E-state index in [1.165, 1.54) is 7.11 Å². The van der Waals surface area contributed by atoms with E-state index in [-0.39, 0.29) is 0 Å². The molecule has 0 aromatic heterocycles. The first-order valence-electron chi connectivity index (χ1n) is 5.53. The van der Waals surface area contributed by atoms with Crippen molar-refractivity contribution in [3.05, 3.63) is 0 Å². The van der Waals surface area contributed by atoms with Crippen LogP contribution in [0.15, 0.2) is 0 Å². The molecule has 1 saturated heterocycles. The third-order valence-electron chi connectivity index (χ3n) is 2.43. The van der Waals surface area contributed by atoms with Crippen molar-refractivity contribution in [2.45, 2.75) is 51.5 Å². The highest BCUT2D eigenvalue weighted by Gasteiger charge is 2.42. The third-order valence-corrected chi connectivity index (χ3v) is 2.43. The number of amides is 1. The van der Waals surface area contributed by atoms with E-state index >= 15 is 0 Å². The first-order valence-corrected chi connectivity index (χ1v) is 5.53. The Kier molecular flexibility index (Phi) is 3.98. The monoisotopic (exact) mass is 245 g/mol. The van der Waals surface area contributed by atoms with Gasteiger partial charge in [0.15, 0.2) is 0 Å². The molecule has 98 valence electrons. The molecule has 6 heteroatoms. The average Bonchev–Trinajstić information content (AvgIpc) is 2.56. The molecule has 1 fully saturated rings. The molecule has 0 aromatic rings. The van der Waals surface area contributed by atoms with E-state index in [9.17, 15) is 14.7 Å². The number of carbonyl (C=O) groups is 2. The summed E-state index contributed by atoms with van der Waals surface area (Å²) in [6, 6.07) is -0.759. The maximum Gasteiger partial charge on any atom is 0.413 e. The fourth-order valence-corrected chi connectivity index (χ4v) is 1.72. The largest absolute Gasteiger partial charge is 0.467 e. The van der Waals surface area contributed by atoms with Gasteiger partial charge in [0.2, 0.25) is 0 Å². The van der Waals surface area contributed by atoms with Gasteiger partial charge in [-0.25, -0.2) is 9.59 Å². The maximum atomic E-state index is 11.8. The Morgan fingerprint density at radius 2 is 1.88 bits per heavy atom. The number of hydrogen-bond donors (Lipinski definition) is 1. The molecule has 0 unspecified atom stereocenters. The van der Waals surface area contributed by atoms with Crippen LogP contribution in [-0.4, -0.2) is 47.0 Å². The fraction of sp³-hybridized carbons (Fsp3) is 0.818. The molecule has 0 spiro atoms. The van der Waals surface area contributed by atoms with Gasteiger partial charge in [-0.1, -0.05) is 0 Å². The lowest BCUT2D eigenvalue weighted by Gasteiger charge is -2.29. The quantitative estimate of drug-likeness (QED) is 0.694. The number of methoxy groups -OCH3 is 1. The van der Waals surface area contributed by atoms with Crippen LogP contribution in [0.4, 0.5) is 4.79 Å². The minimum absolute atomic E-state index is 0.346. The number of rotatable bonds is 1. The molecule has 1 amide bonds. The van der Waals surface area contributed by atoms with Gasteiger partial charge in [0.05, 0.1) is 7.11 Å². The summed E-state index contributed by atoms with van der Waals surface area (Å²) in [5, 5.41) is 9.69. The van der Waals surface area contributed by atoms with Crippen molar-refractivity contribution in [1.29, 1.82) is 0 Å². The summed E-state index contributed by atoms with van der Waals surface area (Å²) in [5.41, 5.74) is -0.667. The number of esters is 1. The highest BCUT2D eigenvalue weighted by atomic mass is 16.6. The Morgan fingerprint density at radius 3 is 2.35 bits per heavy atom. The lowest BCUT2D eigenvalue weighted by Crippen LogP contribution is -2.47. The molecule has 1 aliphatic rings. The summed E-state index contributed by atoms with van der Waals surface area (Å²) in [5.74, 6) is -0.535. The molecular formula is C11H19NO5. The normalized spacial score (nSPS) is 24.6. The molecule has 0 saturated carbocycles. The molecule has 0 radical (unpaired) electrons. The fourth-order valence-electron chi connectivity index (χ4n) is 1.72. The van der Waals surface area contributed by atoms with Gasteiger partial charge in [-0.3, -0.25) is 4.90 Å². The molecule has 0 aromatic carbocycles. The summed E-state index contributed by atoms with van der Waals surface area (Å²) in [6.07, 6.45) is -0.960. The standard InChI is InChI=1S/C11H19NO5/c1-11(2,3)17-10(15)12-7(9(14)16-4)5-6-8(12)13/h7-8,13H,5-6H2,1-4H3/t7-,8-/m0/s1. The SMILES string of the molecule is COC(=O)[C@@H]1CC[C@H](O)N1C(=O)OC(C)(C)C. The van der Waals surface area contributed by atoms with Crippen molar-refractivity contribution in [3.8, 4) is 0 Å². The smallest absolute Gasteiger partial charge is 0.413 e. The van der Waals surface area contributed by atoms with Gasteiger partial charge < -0.3 is 14.6 Å². The second-order valence-corrected chi connectivity index (χ2v) is 4.98. The Hall–Kier alpha value is -1.30. The van der Waals surface area contributed by atoms with E-state index in [1.807, 2.05) is 0 Å². The van der Waals surface area contributed by atoms with Crippen molar-refractivity contribution in [2.24, 2.45) is 0 Å². The number of nitrogens with zero attached hydrogens (tertiary/aromatic N) is 1. The predicted octanol–water partition coefficient (Wildman–Crippen LogP) is 0.877. The highest BCUT2D eigenvalue weighted by molar-refractivity contribution is 5.82. The van der Waals surface area contributed by atoms with Gasteiger partial charge in [-0.05, 0) is 33.6 Å². The van der Waals surface area contributed by atoms with Gasteiger partial charge in [0.1, 0.15) is 17.9 Å². The Bertz CT molecular complexity index is 309. The molecular weight excluding hydrogens is 226 g/mol. The number of carbonyl (C=O) groups excluding carboxylic acids is 2. The van der Waals surface area contributed by atoms with Gasteiger partial charge >= 0.3 is 12.1 Å². The molecule has 1 N–H and O–H groups in total. The van der Waals surface area contributed by atoms with Crippen molar-refractivity contribution in [2.75, 3.05) is 7.11 Å². The summed E-state index contributed by atoms with van der Waals surface area (Å²) < 4.78 is 9.73. The third kappa shape index (κ3) is 3.33. The number of aliphatic hydroxyl groups is 1. The van der Waals surface area contributed by atoms with Crippen LogP contribution in [0.3, 0.4) is 0 Å². The molecule has 0 aliphatic carbocycles. The van der Waals surface area contributed by atoms with Crippen LogP contribution >= 0.6 is 0 Å². The lowest BCUT2D eigenvalue weighted by atomic mass is 10.2. The van der Waals surface area contributed by atoms with Crippen molar-refractivity contribution < 1.29 is 24.2 Å². The average molecular weight is 245 g/mol. The number of ether oxygens (including phenoxy) is 2. The topological polar surface area (TPSA) is 76.1 Å². The first kappa shape index (κ1) is 13.8. The number of aliphatic hydroxyl groups excluding tert-OH is 1. The van der Waals surface area contributed by atoms with E-state index in [4.69, 9.17) is 4.74 Å². The molecule has 0 bridgehead atoms. The van der Waals surface area contributed by atoms with Crippen molar-refractivity contribution in [1.82, 2.24) is 4.90 Å². The van der Waals surface area contributed by atoms with Crippen molar-refractivity contribution in [3.63, 3.8) is 0 Å². The van der Waals surface area contributed by atoms with E-state index in [0.29, 0.717) is 12.8 Å². The number of likely N-dealkylation sites (tertiary alicyclic amines) is 1. The van der Waals surface area contributed by atoms with Crippen LogP contribution in [-0.2, 0) is 14.3 Å². The zero-order valence-corrected chi connectivity index (χ0v) is 10.6. The first-order chi connectivity index (χ1) is 7.76. The minimum Gasteiger partial charge on any atom is -0.467 e. The van der Waals surface area contributed by atoms with Crippen LogP contribution in [0.1, 0.15) is 33.6 Å². The molecule has 6 nitrogen and oxygen atoms in total. The summed E-state index contributed by atoms with van der Waals surface area (Å²) in [6.45, 7) is 5.17. The van der Waals surface area contributed by atoms with Crippen molar-refractivity contribution >= 4 is 12.1 Å². The van der Waals surface area contributed by atoms with Gasteiger partial charge in [0.25, 0.3) is 0 Å². The maximum absolute atomic E-state index is 11.8. The van der Waals surface area contributed by atoms with Gasteiger partial charge in [0, 0.05) is 0 Å². The van der Waals surface area contributed by atoms with Crippen LogP contribution in [0, 0.1) is 0 Å². The Balaban J connectivity index is 2.78. The summed E-state index contributed by atoms with van der Waals surface area (Å²) in [4.78, 5) is 24.3. The van der Waals surface area contributed by atoms with Crippen LogP contribution in [0.5, 0.6) is 0 Å². The number of hydrogen-bond acceptors (Lipinski definition) is 5. The van der Waals surface area contributed by atoms with Gasteiger partial charge in [-0.15, -0.1) is 0 Å². The Morgan fingerprint density at radius 1 is 1.29 bits per heavy atom. The zero-order chi connectivity index (χ0) is 13.2. The summed E-state index contributed by atoms with van der Waals surface area (Å²) >= 11 is 0. The van der Waals surface area contributed by atoms with Crippen LogP contribution in [0.2, 0.25) is 0 Å². The predicted molar refractivity (Wildman–Crippen MR) is 59.1 cm³/mol. The molecule has 17 heavy (non-hydrogen) atoms. The van der Waals surface area contributed by atoms with E-state index in [1.54, 1.807) is 20.8 Å². The lowest BCUT2D eigenvalue weighted by molar-refractivity contribution is -0.147. The summed E-state index contributed by atoms with van der Waals surface area (Å²) in [7, 11) is 1.25. The second kappa shape index (κ2) is 4.91. The van der Waals surface area contributed by atoms with E-state index in [0.717, 1.165) is 4.90 Å². The molecule has 1 rings (SSSR count). The highest BCUT2D eigenvalue weighted by Crippen LogP contribution is 2.25. The van der Waals surface area contributed by atoms with Crippen LogP contribution in [0.25, 0.3) is 0 Å². The Labute approximate surface area is 100 Å². The molecule has 1 heterocycles. The minimum atomic E-state index is -0.992. The van der Waals surface area contributed by atoms with E-state index < -0.39 is 29.9 Å². The van der Waals surface area contributed by atoms with Crippen LogP contribution < -0.4 is 0 Å². The molecule has 1 aliphatic heterocycles. The van der Waals surface area contributed by atoms with Gasteiger partial charge in [-0.2, -0.15) is 0 Å². The zero-order valence-electron chi connectivity index (χ0n) is 10.6. The second-order valence-electron chi connectivity index (χ2n) is 4.98.